The molecule has 10 bridgehead atoms. The van der Waals surface area contributed by atoms with Gasteiger partial charge in [0.15, 0.2) is 28.0 Å². The Morgan fingerprint density at radius 3 is 0.540 bits per heavy atom. The van der Waals surface area contributed by atoms with Crippen LogP contribution in [0.2, 0.25) is 0 Å². The normalized spacial score (nSPS) is 57.8. The SMILES string of the molecule is C[C@@H]1CC[C@H]2[C@@H](C)C(=O)O[C@@H]3O[C@@]4(C)CC[C@@H]1[C@]32OO4.C[C@@H]1CC[C@H]2[C@@H](C)C(=O)O[C@@H]3O[C@@]4(C)CC[C@@H]1[C@]32OO4.C[C@@H]1CC[C@H]2[C@@H](C)C(=O)O[C@@H]3O[C@@]4(C)CC[C@@H]1[C@]32OO4.C[C@@H]1CC[C@H]2[C@@H](C)C(=O)O[C@@H]3O[C@@]4(C)CC[C@@H]1[C@]32OO4.C[C@@H]1CC[C@H]2[C@@H](C)C(=O)O[C@@H]3O[C@@]4(C)CC[C@@H]1[C@]32OO4. The molecule has 5 spiro atoms. The molecule has 20 aliphatic heterocycles. The van der Waals surface area contributed by atoms with Gasteiger partial charge in [0.25, 0.3) is 0 Å². The summed E-state index contributed by atoms with van der Waals surface area (Å²) in [6.45, 7) is 30.3. The van der Waals surface area contributed by atoms with Crippen LogP contribution in [0.4, 0.5) is 0 Å². The van der Waals surface area contributed by atoms with Gasteiger partial charge in [0.05, 0.1) is 29.6 Å². The van der Waals surface area contributed by atoms with Gasteiger partial charge in [-0.15, -0.1) is 0 Å². The molecule has 25 heteroatoms. The smallest absolute Gasteiger partial charge is 0.311 e. The van der Waals surface area contributed by atoms with Crippen LogP contribution in [0.3, 0.4) is 0 Å². The number of hydrogen-bond donors (Lipinski definition) is 0. The van der Waals surface area contributed by atoms with E-state index in [1.807, 2.05) is 69.2 Å². The summed E-state index contributed by atoms with van der Waals surface area (Å²) in [5, 5.41) is 0. The van der Waals surface area contributed by atoms with Crippen LogP contribution in [-0.4, -0.2) is 118 Å². The minimum absolute atomic E-state index is 0.123. The van der Waals surface area contributed by atoms with Crippen LogP contribution < -0.4 is 0 Å². The highest BCUT2D eigenvalue weighted by molar-refractivity contribution is 5.76. The Balaban J connectivity index is 0.0000000972. The predicted octanol–water partition coefficient (Wildman–Crippen LogP) is 12.0. The van der Waals surface area contributed by atoms with Gasteiger partial charge >= 0.3 is 29.8 Å². The van der Waals surface area contributed by atoms with Crippen molar-refractivity contribution in [1.29, 1.82) is 0 Å². The summed E-state index contributed by atoms with van der Waals surface area (Å²) in [6, 6.07) is 0. The molecular formula is C75H110O25. The Morgan fingerprint density at radius 2 is 0.380 bits per heavy atom. The van der Waals surface area contributed by atoms with Gasteiger partial charge in [0.1, 0.15) is 0 Å². The second kappa shape index (κ2) is 24.6. The molecule has 25 fully saturated rings. The number of esters is 5. The van der Waals surface area contributed by atoms with E-state index in [0.717, 1.165) is 128 Å². The molecule has 0 radical (unpaired) electrons. The predicted molar refractivity (Wildman–Crippen MR) is 340 cm³/mol. The van der Waals surface area contributed by atoms with Crippen molar-refractivity contribution in [1.82, 2.24) is 0 Å². The van der Waals surface area contributed by atoms with Crippen LogP contribution in [0.15, 0.2) is 0 Å². The van der Waals surface area contributed by atoms with Crippen molar-refractivity contribution in [3.8, 4) is 0 Å². The van der Waals surface area contributed by atoms with Crippen molar-refractivity contribution in [2.24, 2.45) is 118 Å². The highest BCUT2D eigenvalue weighted by atomic mass is 17.3. The molecule has 0 aromatic carbocycles. The number of carbonyl (C=O) groups excluding carboxylic acids is 5. The van der Waals surface area contributed by atoms with E-state index in [0.29, 0.717) is 59.2 Å². The number of ether oxygens (including phenoxy) is 10. The number of rotatable bonds is 0. The van der Waals surface area contributed by atoms with Gasteiger partial charge in [-0.05, 0) is 161 Å². The molecule has 25 aliphatic rings. The maximum Gasteiger partial charge on any atom is 0.311 e. The van der Waals surface area contributed by atoms with Crippen molar-refractivity contribution in [2.45, 2.75) is 321 Å². The summed E-state index contributed by atoms with van der Waals surface area (Å²) in [6.07, 6.45) is 16.2. The first-order valence-corrected chi connectivity index (χ1v) is 38.6. The fraction of sp³-hybridized carbons (Fsp3) is 0.933. The molecule has 100 heavy (non-hydrogen) atoms. The summed E-state index contributed by atoms with van der Waals surface area (Å²) in [4.78, 5) is 118. The van der Waals surface area contributed by atoms with E-state index in [4.69, 9.17) is 96.2 Å². The number of carbonyl (C=O) groups is 5. The molecule has 0 N–H and O–H groups in total. The summed E-state index contributed by atoms with van der Waals surface area (Å²) in [7, 11) is 0. The van der Waals surface area contributed by atoms with E-state index in [-0.39, 0.29) is 89.0 Å². The van der Waals surface area contributed by atoms with Crippen LogP contribution in [0.25, 0.3) is 0 Å². The average molecular weight is 1410 g/mol. The minimum Gasteiger partial charge on any atom is -0.432 e. The highest BCUT2D eigenvalue weighted by Gasteiger charge is 2.76. The lowest BCUT2D eigenvalue weighted by Gasteiger charge is -2.57. The lowest BCUT2D eigenvalue weighted by atomic mass is 9.58. The maximum absolute atomic E-state index is 12.1. The van der Waals surface area contributed by atoms with E-state index < -0.39 is 88.4 Å². The molecular weight excluding hydrogens is 1300 g/mol. The Labute approximate surface area is 586 Å². The lowest BCUT2D eigenvalue weighted by molar-refractivity contribution is -0.559. The third kappa shape index (κ3) is 10.5. The standard InChI is InChI=1S/5C15H22O5/c5*1-8-4-5-11-9(2)12(16)17-13-15(11)10(8)6-7-14(3,18-13)19-20-15/h5*8-11,13H,4-7H2,1-3H3/t5*8-,9-,10+,11+,13-,14-,15-/m11111/s1. The van der Waals surface area contributed by atoms with Gasteiger partial charge in [-0.25, -0.2) is 48.9 Å². The molecule has 35 atom stereocenters. The fourth-order valence-corrected chi connectivity index (χ4v) is 23.8. The third-order valence-electron chi connectivity index (χ3n) is 29.9. The topological polar surface area (TPSA) is 270 Å². The molecule has 0 aromatic heterocycles. The zero-order chi connectivity index (χ0) is 70.6. The molecule has 25 rings (SSSR count). The van der Waals surface area contributed by atoms with E-state index in [1.54, 1.807) is 0 Å². The van der Waals surface area contributed by atoms with Gasteiger partial charge in [-0.3, -0.25) is 24.0 Å². The maximum atomic E-state index is 12.1. The van der Waals surface area contributed by atoms with Crippen molar-refractivity contribution < 1.29 is 120 Å². The van der Waals surface area contributed by atoms with Crippen molar-refractivity contribution in [3.63, 3.8) is 0 Å². The number of hydrogen-bond acceptors (Lipinski definition) is 25. The quantitative estimate of drug-likeness (QED) is 0.124. The van der Waals surface area contributed by atoms with E-state index >= 15 is 0 Å². The fourth-order valence-electron chi connectivity index (χ4n) is 23.8. The molecule has 0 aromatic rings. The Hall–Kier alpha value is -3.25. The Bertz CT molecular complexity index is 2730. The van der Waals surface area contributed by atoms with Crippen LogP contribution in [0.5, 0.6) is 0 Å². The highest BCUT2D eigenvalue weighted by Crippen LogP contribution is 2.66. The monoisotopic (exact) mass is 1410 g/mol. The summed E-state index contributed by atoms with van der Waals surface area (Å²) in [5.74, 6) is -0.685. The zero-order valence-electron chi connectivity index (χ0n) is 61.3. The van der Waals surface area contributed by atoms with Crippen molar-refractivity contribution >= 4 is 29.8 Å². The summed E-state index contributed by atoms with van der Waals surface area (Å²) < 4.78 is 58.0. The van der Waals surface area contributed by atoms with E-state index in [2.05, 4.69) is 34.6 Å². The Kier molecular flexibility index (Phi) is 17.5. The zero-order valence-corrected chi connectivity index (χ0v) is 61.3. The first kappa shape index (κ1) is 71.0. The van der Waals surface area contributed by atoms with E-state index in [9.17, 15) is 24.0 Å². The second-order valence-electron chi connectivity index (χ2n) is 35.7. The molecule has 5 saturated carbocycles. The van der Waals surface area contributed by atoms with Gasteiger partial charge in [-0.1, -0.05) is 69.2 Å². The molecule has 5 aliphatic carbocycles. The largest absolute Gasteiger partial charge is 0.432 e. The van der Waals surface area contributed by atoms with E-state index in [1.165, 1.54) is 0 Å². The molecule has 20 heterocycles. The summed E-state index contributed by atoms with van der Waals surface area (Å²) >= 11 is 0. The molecule has 0 unspecified atom stereocenters. The van der Waals surface area contributed by atoms with Crippen molar-refractivity contribution in [2.75, 3.05) is 0 Å². The first-order valence-electron chi connectivity index (χ1n) is 38.6. The van der Waals surface area contributed by atoms with Crippen LogP contribution in [-0.2, 0) is 120 Å². The van der Waals surface area contributed by atoms with Crippen molar-refractivity contribution in [3.05, 3.63) is 0 Å². The molecule has 560 valence electrons. The van der Waals surface area contributed by atoms with Gasteiger partial charge in [0.2, 0.25) is 60.4 Å². The molecule has 20 saturated heterocycles. The number of fused-ring (bicyclic) bond motifs is 10. The van der Waals surface area contributed by atoms with Crippen LogP contribution in [0, 0.1) is 118 Å². The Morgan fingerprint density at radius 1 is 0.220 bits per heavy atom. The molecule has 25 nitrogen and oxygen atoms in total. The minimum atomic E-state index is -0.793. The summed E-state index contributed by atoms with van der Waals surface area (Å²) in [5.41, 5.74) is -3.05. The third-order valence-corrected chi connectivity index (χ3v) is 29.9. The lowest BCUT2D eigenvalue weighted by Crippen LogP contribution is -2.69. The first-order chi connectivity index (χ1) is 47.3. The van der Waals surface area contributed by atoms with Crippen LogP contribution in [0.1, 0.15) is 232 Å². The van der Waals surface area contributed by atoms with Gasteiger partial charge in [0, 0.05) is 91.3 Å². The van der Waals surface area contributed by atoms with Gasteiger partial charge in [-0.2, -0.15) is 0 Å². The van der Waals surface area contributed by atoms with Gasteiger partial charge < -0.3 is 47.4 Å². The molecule has 0 amide bonds. The second-order valence-corrected chi connectivity index (χ2v) is 35.7. The average Bonchev–Trinajstić information content (AvgIpc) is 1.34. The van der Waals surface area contributed by atoms with Crippen LogP contribution >= 0.6 is 0 Å².